The fourth-order valence-electron chi connectivity index (χ4n) is 1.63. The molecule has 16 heavy (non-hydrogen) atoms. The van der Waals surface area contributed by atoms with Crippen molar-refractivity contribution in [2.75, 3.05) is 5.88 Å². The molecule has 0 saturated heterocycles. The van der Waals surface area contributed by atoms with Gasteiger partial charge in [-0.25, -0.2) is 4.79 Å². The first-order chi connectivity index (χ1) is 7.61. The molecule has 0 bridgehead atoms. The molecule has 0 fully saturated rings. The average molecular weight is 242 g/mol. The third kappa shape index (κ3) is 1.99. The number of hydrogen-bond acceptors (Lipinski definition) is 3. The second-order valence-electron chi connectivity index (χ2n) is 3.74. The van der Waals surface area contributed by atoms with Crippen LogP contribution in [0, 0.1) is 0 Å². The Labute approximate surface area is 97.1 Å². The highest BCUT2D eigenvalue weighted by molar-refractivity contribution is 6.18. The molecule has 0 aliphatic heterocycles. The number of hydrogen-bond donors (Lipinski definition) is 1. The Bertz CT molecular complexity index is 558. The summed E-state index contributed by atoms with van der Waals surface area (Å²) < 4.78 is 6.49. The lowest BCUT2D eigenvalue weighted by atomic mass is 10.1. The number of aromatic nitrogens is 1. The highest BCUT2D eigenvalue weighted by Crippen LogP contribution is 2.15. The van der Waals surface area contributed by atoms with E-state index in [0.717, 1.165) is 11.1 Å². The van der Waals surface area contributed by atoms with Crippen molar-refractivity contribution in [2.24, 2.45) is 7.05 Å². The van der Waals surface area contributed by atoms with E-state index >= 15 is 0 Å². The van der Waals surface area contributed by atoms with Crippen LogP contribution in [0.15, 0.2) is 27.4 Å². The van der Waals surface area contributed by atoms with Crippen molar-refractivity contribution in [3.05, 3.63) is 34.3 Å². The zero-order valence-corrected chi connectivity index (χ0v) is 9.57. The number of oxazole rings is 1. The number of fused-ring (bicyclic) bond motifs is 1. The number of aliphatic hydroxyl groups excluding tert-OH is 1. The first-order valence-electron chi connectivity index (χ1n) is 4.94. The van der Waals surface area contributed by atoms with E-state index in [1.54, 1.807) is 19.2 Å². The summed E-state index contributed by atoms with van der Waals surface area (Å²) in [6.07, 6.45) is -0.118. The van der Waals surface area contributed by atoms with Crippen LogP contribution >= 0.6 is 11.6 Å². The number of alkyl halides is 1. The summed E-state index contributed by atoms with van der Waals surface area (Å²) in [6.45, 7) is 0. The van der Waals surface area contributed by atoms with Crippen LogP contribution in [-0.2, 0) is 13.5 Å². The van der Waals surface area contributed by atoms with Crippen molar-refractivity contribution in [2.45, 2.75) is 12.5 Å². The quantitative estimate of drug-likeness (QED) is 0.824. The number of aryl methyl sites for hydroxylation is 1. The summed E-state index contributed by atoms with van der Waals surface area (Å²) >= 11 is 5.52. The van der Waals surface area contributed by atoms with E-state index in [1.165, 1.54) is 4.57 Å². The molecular formula is C11H12ClNO3. The third-order valence-corrected chi connectivity index (χ3v) is 2.86. The van der Waals surface area contributed by atoms with Crippen LogP contribution in [0.5, 0.6) is 0 Å². The molecule has 1 N–H and O–H groups in total. The summed E-state index contributed by atoms with van der Waals surface area (Å²) in [7, 11) is 1.65. The highest BCUT2D eigenvalue weighted by atomic mass is 35.5. The van der Waals surface area contributed by atoms with Gasteiger partial charge in [-0.2, -0.15) is 0 Å². The largest absolute Gasteiger partial charge is 0.419 e. The Morgan fingerprint density at radius 2 is 2.31 bits per heavy atom. The Balaban J connectivity index is 2.41. The van der Waals surface area contributed by atoms with Gasteiger partial charge < -0.3 is 9.52 Å². The fourth-order valence-corrected chi connectivity index (χ4v) is 1.74. The molecule has 0 amide bonds. The number of nitrogens with zero attached hydrogens (tertiary/aromatic N) is 1. The molecular weight excluding hydrogens is 230 g/mol. The lowest BCUT2D eigenvalue weighted by Crippen LogP contribution is -2.11. The molecule has 0 radical (unpaired) electrons. The molecule has 0 spiro atoms. The van der Waals surface area contributed by atoms with Crippen LogP contribution in [0.2, 0.25) is 0 Å². The van der Waals surface area contributed by atoms with Crippen LogP contribution < -0.4 is 5.76 Å². The number of rotatable bonds is 3. The van der Waals surface area contributed by atoms with Crippen molar-refractivity contribution < 1.29 is 9.52 Å². The van der Waals surface area contributed by atoms with Crippen molar-refractivity contribution in [3.63, 3.8) is 0 Å². The van der Waals surface area contributed by atoms with Crippen LogP contribution in [0.25, 0.3) is 11.1 Å². The van der Waals surface area contributed by atoms with Crippen LogP contribution in [0.4, 0.5) is 0 Å². The summed E-state index contributed by atoms with van der Waals surface area (Å²) in [5, 5.41) is 9.41. The van der Waals surface area contributed by atoms with E-state index in [-0.39, 0.29) is 11.6 Å². The van der Waals surface area contributed by atoms with Gasteiger partial charge in [-0.3, -0.25) is 4.57 Å². The third-order valence-electron chi connectivity index (χ3n) is 2.51. The normalized spacial score (nSPS) is 13.2. The predicted octanol–water partition coefficient (Wildman–Crippen LogP) is 1.27. The Morgan fingerprint density at radius 3 is 3.00 bits per heavy atom. The summed E-state index contributed by atoms with van der Waals surface area (Å²) in [5.41, 5.74) is 2.18. The van der Waals surface area contributed by atoms with Crippen molar-refractivity contribution >= 4 is 22.7 Å². The van der Waals surface area contributed by atoms with Crippen LogP contribution in [0.3, 0.4) is 0 Å². The van der Waals surface area contributed by atoms with Crippen molar-refractivity contribution in [1.29, 1.82) is 0 Å². The van der Waals surface area contributed by atoms with Crippen molar-refractivity contribution in [1.82, 2.24) is 4.57 Å². The molecule has 5 heteroatoms. The monoisotopic (exact) mass is 241 g/mol. The van der Waals surface area contributed by atoms with E-state index in [1.807, 2.05) is 6.07 Å². The minimum absolute atomic E-state index is 0.191. The molecule has 0 aliphatic carbocycles. The SMILES string of the molecule is Cn1c(=O)oc2cc(CC(O)CCl)ccc21. The molecule has 1 aromatic carbocycles. The fraction of sp³-hybridized carbons (Fsp3) is 0.364. The van der Waals surface area contributed by atoms with Crippen LogP contribution in [-0.4, -0.2) is 21.7 Å². The molecule has 2 rings (SSSR count). The molecule has 0 aliphatic rings. The highest BCUT2D eigenvalue weighted by Gasteiger charge is 2.08. The Hall–Kier alpha value is -1.26. The Morgan fingerprint density at radius 1 is 1.56 bits per heavy atom. The minimum atomic E-state index is -0.574. The first-order valence-corrected chi connectivity index (χ1v) is 5.47. The van der Waals surface area contributed by atoms with Crippen molar-refractivity contribution in [3.8, 4) is 0 Å². The molecule has 1 aromatic heterocycles. The van der Waals surface area contributed by atoms with E-state index in [4.69, 9.17) is 16.0 Å². The molecule has 0 saturated carbocycles. The summed E-state index contributed by atoms with van der Waals surface area (Å²) in [4.78, 5) is 11.3. The topological polar surface area (TPSA) is 55.4 Å². The molecule has 1 heterocycles. The molecule has 86 valence electrons. The van der Waals surface area contributed by atoms with E-state index in [9.17, 15) is 9.90 Å². The average Bonchev–Trinajstić information content (AvgIpc) is 2.54. The first kappa shape index (κ1) is 11.2. The van der Waals surface area contributed by atoms with E-state index in [2.05, 4.69) is 0 Å². The zero-order chi connectivity index (χ0) is 11.7. The Kier molecular flexibility index (Phi) is 3.03. The maximum atomic E-state index is 11.3. The minimum Gasteiger partial charge on any atom is -0.408 e. The van der Waals surface area contributed by atoms with E-state index in [0.29, 0.717) is 12.0 Å². The summed E-state index contributed by atoms with van der Waals surface area (Å²) in [5.74, 6) is -0.193. The predicted molar refractivity (Wildman–Crippen MR) is 61.9 cm³/mol. The van der Waals surface area contributed by atoms with Gasteiger partial charge in [-0.15, -0.1) is 11.6 Å². The summed E-state index contributed by atoms with van der Waals surface area (Å²) in [6, 6.07) is 5.41. The van der Waals surface area contributed by atoms with Gasteiger partial charge in [0.15, 0.2) is 5.58 Å². The van der Waals surface area contributed by atoms with Gasteiger partial charge in [0.2, 0.25) is 0 Å². The molecule has 4 nitrogen and oxygen atoms in total. The molecule has 2 aromatic rings. The lowest BCUT2D eigenvalue weighted by Gasteiger charge is -2.05. The standard InChI is InChI=1S/C11H12ClNO3/c1-13-9-3-2-7(4-8(14)6-12)5-10(9)16-11(13)15/h2-3,5,8,14H,4,6H2,1H3. The lowest BCUT2D eigenvalue weighted by molar-refractivity contribution is 0.199. The van der Waals surface area contributed by atoms with Crippen LogP contribution in [0.1, 0.15) is 5.56 Å². The van der Waals surface area contributed by atoms with Gasteiger partial charge in [-0.05, 0) is 24.1 Å². The molecule has 1 unspecified atom stereocenters. The van der Waals surface area contributed by atoms with E-state index < -0.39 is 6.10 Å². The maximum absolute atomic E-state index is 11.3. The second kappa shape index (κ2) is 4.31. The number of aliphatic hydroxyl groups is 1. The van der Waals surface area contributed by atoms with Gasteiger partial charge in [0.25, 0.3) is 0 Å². The zero-order valence-electron chi connectivity index (χ0n) is 8.81. The smallest absolute Gasteiger partial charge is 0.408 e. The number of halogens is 1. The van der Waals surface area contributed by atoms with Gasteiger partial charge in [0.05, 0.1) is 11.6 Å². The van der Waals surface area contributed by atoms with Gasteiger partial charge in [0.1, 0.15) is 0 Å². The van der Waals surface area contributed by atoms with Gasteiger partial charge >= 0.3 is 5.76 Å². The van der Waals surface area contributed by atoms with Gasteiger partial charge in [0, 0.05) is 12.9 Å². The maximum Gasteiger partial charge on any atom is 0.419 e. The number of benzene rings is 1. The van der Waals surface area contributed by atoms with Gasteiger partial charge in [-0.1, -0.05) is 6.07 Å². The molecule has 1 atom stereocenters. The second-order valence-corrected chi connectivity index (χ2v) is 4.05.